The van der Waals surface area contributed by atoms with E-state index in [1.54, 1.807) is 30.3 Å². The van der Waals surface area contributed by atoms with Crippen LogP contribution in [0.1, 0.15) is 21.5 Å². The van der Waals surface area contributed by atoms with E-state index in [2.05, 4.69) is 20.7 Å². The standard InChI is InChI=1S/C19H18ClN5O2/c1-12-6-8-14(9-7-12)18(27)23-19-21-11-25(24-19)10-17(26)22-16-5-3-4-15(20)13(16)2/h3-9,11H,10H2,1-2H3,(H,22,26)(H,23,24,27). The summed E-state index contributed by atoms with van der Waals surface area (Å²) in [6.45, 7) is 3.73. The number of aryl methyl sites for hydroxylation is 1. The summed E-state index contributed by atoms with van der Waals surface area (Å²) in [6.07, 6.45) is 1.38. The number of hydrogen-bond donors (Lipinski definition) is 2. The van der Waals surface area contributed by atoms with E-state index in [1.807, 2.05) is 26.0 Å². The lowest BCUT2D eigenvalue weighted by Crippen LogP contribution is -2.20. The van der Waals surface area contributed by atoms with Crippen molar-refractivity contribution in [1.82, 2.24) is 14.8 Å². The van der Waals surface area contributed by atoms with Crippen LogP contribution in [0.5, 0.6) is 0 Å². The van der Waals surface area contributed by atoms with E-state index in [-0.39, 0.29) is 24.3 Å². The van der Waals surface area contributed by atoms with Crippen molar-refractivity contribution in [3.05, 3.63) is 70.5 Å². The van der Waals surface area contributed by atoms with Crippen LogP contribution in [0.25, 0.3) is 0 Å². The highest BCUT2D eigenvalue weighted by Crippen LogP contribution is 2.22. The summed E-state index contributed by atoms with van der Waals surface area (Å²) in [7, 11) is 0. The van der Waals surface area contributed by atoms with Gasteiger partial charge in [-0.2, -0.15) is 0 Å². The molecular formula is C19H18ClN5O2. The first kappa shape index (κ1) is 18.6. The molecule has 0 spiro atoms. The first-order valence-corrected chi connectivity index (χ1v) is 8.62. The normalized spacial score (nSPS) is 10.5. The second kappa shape index (κ2) is 8.01. The number of nitrogens with zero attached hydrogens (tertiary/aromatic N) is 3. The minimum atomic E-state index is -0.313. The van der Waals surface area contributed by atoms with E-state index in [4.69, 9.17) is 11.6 Å². The third-order valence-corrected chi connectivity index (χ3v) is 4.33. The summed E-state index contributed by atoms with van der Waals surface area (Å²) >= 11 is 6.05. The molecule has 0 atom stereocenters. The Balaban J connectivity index is 1.60. The average Bonchev–Trinajstić information content (AvgIpc) is 3.06. The second-order valence-electron chi connectivity index (χ2n) is 6.05. The third kappa shape index (κ3) is 4.71. The van der Waals surface area contributed by atoms with E-state index < -0.39 is 0 Å². The summed E-state index contributed by atoms with van der Waals surface area (Å²) in [5.74, 6) is -0.458. The van der Waals surface area contributed by atoms with Crippen LogP contribution in [0.2, 0.25) is 5.02 Å². The highest BCUT2D eigenvalue weighted by Gasteiger charge is 2.11. The molecule has 2 aromatic carbocycles. The van der Waals surface area contributed by atoms with E-state index in [0.717, 1.165) is 11.1 Å². The molecule has 0 aliphatic rings. The predicted octanol–water partition coefficient (Wildman–Crippen LogP) is 3.44. The Kier molecular flexibility index (Phi) is 5.52. The van der Waals surface area contributed by atoms with Crippen molar-refractivity contribution in [2.24, 2.45) is 0 Å². The molecule has 2 N–H and O–H groups in total. The lowest BCUT2D eigenvalue weighted by molar-refractivity contribution is -0.116. The number of aromatic nitrogens is 3. The number of anilines is 2. The highest BCUT2D eigenvalue weighted by molar-refractivity contribution is 6.31. The maximum atomic E-state index is 12.2. The Labute approximate surface area is 161 Å². The lowest BCUT2D eigenvalue weighted by Gasteiger charge is -2.09. The molecule has 1 heterocycles. The first-order chi connectivity index (χ1) is 12.9. The summed E-state index contributed by atoms with van der Waals surface area (Å²) in [4.78, 5) is 28.4. The van der Waals surface area contributed by atoms with Gasteiger partial charge in [-0.3, -0.25) is 14.9 Å². The molecule has 27 heavy (non-hydrogen) atoms. The van der Waals surface area contributed by atoms with Gasteiger partial charge in [-0.25, -0.2) is 9.67 Å². The molecule has 0 radical (unpaired) electrons. The van der Waals surface area contributed by atoms with Crippen LogP contribution >= 0.6 is 11.6 Å². The molecule has 0 aliphatic carbocycles. The molecule has 0 fully saturated rings. The number of carbonyl (C=O) groups is 2. The first-order valence-electron chi connectivity index (χ1n) is 8.25. The number of benzene rings is 2. The molecule has 0 saturated heterocycles. The van der Waals surface area contributed by atoms with Gasteiger partial charge in [0.1, 0.15) is 12.9 Å². The minimum absolute atomic E-state index is 0.0423. The van der Waals surface area contributed by atoms with Gasteiger partial charge in [0.05, 0.1) is 0 Å². The summed E-state index contributed by atoms with van der Waals surface area (Å²) in [6, 6.07) is 12.4. The maximum Gasteiger partial charge on any atom is 0.258 e. The van der Waals surface area contributed by atoms with Crippen molar-refractivity contribution < 1.29 is 9.59 Å². The van der Waals surface area contributed by atoms with Crippen molar-refractivity contribution in [3.8, 4) is 0 Å². The smallest absolute Gasteiger partial charge is 0.258 e. The average molecular weight is 384 g/mol. The number of amides is 2. The Morgan fingerprint density at radius 2 is 1.81 bits per heavy atom. The van der Waals surface area contributed by atoms with Gasteiger partial charge < -0.3 is 5.32 Å². The van der Waals surface area contributed by atoms with Crippen LogP contribution in [0.4, 0.5) is 11.6 Å². The van der Waals surface area contributed by atoms with Crippen molar-refractivity contribution in [2.45, 2.75) is 20.4 Å². The van der Waals surface area contributed by atoms with E-state index >= 15 is 0 Å². The van der Waals surface area contributed by atoms with Crippen molar-refractivity contribution >= 4 is 35.1 Å². The van der Waals surface area contributed by atoms with Crippen LogP contribution in [0.15, 0.2) is 48.8 Å². The monoisotopic (exact) mass is 383 g/mol. The van der Waals surface area contributed by atoms with Crippen LogP contribution in [0, 0.1) is 13.8 Å². The zero-order valence-electron chi connectivity index (χ0n) is 14.9. The van der Waals surface area contributed by atoms with Gasteiger partial charge in [0, 0.05) is 16.3 Å². The van der Waals surface area contributed by atoms with Gasteiger partial charge in [-0.15, -0.1) is 5.10 Å². The quantitative estimate of drug-likeness (QED) is 0.706. The Morgan fingerprint density at radius 1 is 1.07 bits per heavy atom. The van der Waals surface area contributed by atoms with Gasteiger partial charge in [0.2, 0.25) is 11.9 Å². The van der Waals surface area contributed by atoms with E-state index in [1.165, 1.54) is 11.0 Å². The zero-order valence-corrected chi connectivity index (χ0v) is 15.6. The van der Waals surface area contributed by atoms with Crippen LogP contribution in [0.3, 0.4) is 0 Å². The fraction of sp³-hybridized carbons (Fsp3) is 0.158. The van der Waals surface area contributed by atoms with Crippen LogP contribution in [-0.4, -0.2) is 26.6 Å². The number of carbonyl (C=O) groups excluding carboxylic acids is 2. The van der Waals surface area contributed by atoms with Gasteiger partial charge in [0.25, 0.3) is 5.91 Å². The van der Waals surface area contributed by atoms with Gasteiger partial charge >= 0.3 is 0 Å². The topological polar surface area (TPSA) is 88.9 Å². The Hall–Kier alpha value is -3.19. The summed E-state index contributed by atoms with van der Waals surface area (Å²) in [5.41, 5.74) is 3.00. The number of rotatable bonds is 5. The van der Waals surface area contributed by atoms with Crippen molar-refractivity contribution in [2.75, 3.05) is 10.6 Å². The predicted molar refractivity (Wildman–Crippen MR) is 104 cm³/mol. The summed E-state index contributed by atoms with van der Waals surface area (Å²) in [5, 5.41) is 10.1. The van der Waals surface area contributed by atoms with Crippen LogP contribution in [-0.2, 0) is 11.3 Å². The highest BCUT2D eigenvalue weighted by atomic mass is 35.5. The molecule has 7 nitrogen and oxygen atoms in total. The molecule has 0 bridgehead atoms. The zero-order chi connectivity index (χ0) is 19.4. The third-order valence-electron chi connectivity index (χ3n) is 3.92. The molecule has 8 heteroatoms. The molecule has 2 amide bonds. The minimum Gasteiger partial charge on any atom is -0.324 e. The Morgan fingerprint density at radius 3 is 2.56 bits per heavy atom. The molecule has 3 rings (SSSR count). The van der Waals surface area contributed by atoms with Crippen molar-refractivity contribution in [1.29, 1.82) is 0 Å². The number of hydrogen-bond acceptors (Lipinski definition) is 4. The van der Waals surface area contributed by atoms with Gasteiger partial charge in [-0.1, -0.05) is 35.4 Å². The number of nitrogens with one attached hydrogen (secondary N) is 2. The van der Waals surface area contributed by atoms with Gasteiger partial charge in [-0.05, 0) is 43.7 Å². The number of halogens is 1. The molecule has 1 aromatic heterocycles. The second-order valence-corrected chi connectivity index (χ2v) is 6.45. The molecule has 0 unspecified atom stereocenters. The molecule has 0 aliphatic heterocycles. The largest absolute Gasteiger partial charge is 0.324 e. The molecule has 0 saturated carbocycles. The fourth-order valence-corrected chi connectivity index (χ4v) is 2.56. The van der Waals surface area contributed by atoms with Crippen molar-refractivity contribution in [3.63, 3.8) is 0 Å². The molecule has 138 valence electrons. The SMILES string of the molecule is Cc1ccc(C(=O)Nc2ncn(CC(=O)Nc3cccc(Cl)c3C)n2)cc1. The van der Waals surface area contributed by atoms with E-state index in [0.29, 0.717) is 16.3 Å². The molecular weight excluding hydrogens is 366 g/mol. The summed E-state index contributed by atoms with van der Waals surface area (Å²) < 4.78 is 1.35. The molecule has 3 aromatic rings. The fourth-order valence-electron chi connectivity index (χ4n) is 2.39. The van der Waals surface area contributed by atoms with Crippen LogP contribution < -0.4 is 10.6 Å². The lowest BCUT2D eigenvalue weighted by atomic mass is 10.1. The Bertz CT molecular complexity index is 982. The van der Waals surface area contributed by atoms with E-state index in [9.17, 15) is 9.59 Å². The van der Waals surface area contributed by atoms with Gasteiger partial charge in [0.15, 0.2) is 0 Å². The maximum absolute atomic E-state index is 12.2.